The van der Waals surface area contributed by atoms with E-state index in [1.807, 2.05) is 13.0 Å². The van der Waals surface area contributed by atoms with Crippen LogP contribution in [0.25, 0.3) is 0 Å². The summed E-state index contributed by atoms with van der Waals surface area (Å²) in [6.07, 6.45) is 0. The van der Waals surface area contributed by atoms with Crippen LogP contribution in [-0.2, 0) is 4.79 Å². The quantitative estimate of drug-likeness (QED) is 0.751. The topological polar surface area (TPSA) is 64.9 Å². The Morgan fingerprint density at radius 1 is 1.47 bits per heavy atom. The van der Waals surface area contributed by atoms with Crippen molar-refractivity contribution in [2.45, 2.75) is 13.0 Å². The van der Waals surface area contributed by atoms with Crippen LogP contribution in [0.5, 0.6) is 0 Å². The van der Waals surface area contributed by atoms with Gasteiger partial charge in [0.1, 0.15) is 12.4 Å². The average Bonchev–Trinajstić information content (AvgIpc) is 2.34. The van der Waals surface area contributed by atoms with Crippen LogP contribution in [0.2, 0.25) is 0 Å². The Morgan fingerprint density at radius 3 is 2.71 bits per heavy atom. The minimum absolute atomic E-state index is 0.00540. The normalized spacial score (nSPS) is 11.6. The molecule has 0 unspecified atom stereocenters. The van der Waals surface area contributed by atoms with Crippen LogP contribution in [0.4, 0.5) is 4.39 Å². The molecule has 1 amide bonds. The van der Waals surface area contributed by atoms with Crippen LogP contribution < -0.4 is 10.6 Å². The lowest BCUT2D eigenvalue weighted by atomic mass is 10.1. The predicted molar refractivity (Wildman–Crippen MR) is 61.4 cm³/mol. The summed E-state index contributed by atoms with van der Waals surface area (Å²) in [6.45, 7) is 2.01. The molecule has 0 aliphatic carbocycles. The van der Waals surface area contributed by atoms with E-state index in [-0.39, 0.29) is 30.9 Å². The van der Waals surface area contributed by atoms with Crippen molar-refractivity contribution in [3.63, 3.8) is 0 Å². The van der Waals surface area contributed by atoms with Crippen molar-refractivity contribution in [1.82, 2.24) is 10.6 Å². The molecule has 2 N–H and O–H groups in total. The third-order valence-corrected chi connectivity index (χ3v) is 2.30. The molecule has 0 aliphatic rings. The number of nitriles is 1. The Bertz CT molecular complexity index is 411. The summed E-state index contributed by atoms with van der Waals surface area (Å²) in [5.74, 6) is -0.520. The Labute approximate surface area is 99.4 Å². The van der Waals surface area contributed by atoms with Gasteiger partial charge in [-0.2, -0.15) is 5.26 Å². The number of amides is 1. The molecule has 0 aromatic heterocycles. The lowest BCUT2D eigenvalue weighted by molar-refractivity contribution is -0.120. The van der Waals surface area contributed by atoms with E-state index in [0.29, 0.717) is 0 Å². The third kappa shape index (κ3) is 4.62. The zero-order valence-corrected chi connectivity index (χ0v) is 9.53. The van der Waals surface area contributed by atoms with Gasteiger partial charge in [0.05, 0.1) is 12.6 Å². The maximum absolute atomic E-state index is 12.7. The van der Waals surface area contributed by atoms with Gasteiger partial charge in [0.2, 0.25) is 5.91 Å². The molecule has 0 fully saturated rings. The summed E-state index contributed by atoms with van der Waals surface area (Å²) >= 11 is 0. The molecule has 0 spiro atoms. The molecule has 1 rings (SSSR count). The van der Waals surface area contributed by atoms with Crippen molar-refractivity contribution >= 4 is 5.91 Å². The number of hydrogen-bond acceptors (Lipinski definition) is 3. The minimum atomic E-state index is -0.285. The number of hydrogen-bond donors (Lipinski definition) is 2. The van der Waals surface area contributed by atoms with Gasteiger partial charge in [0.25, 0.3) is 0 Å². The number of nitrogens with zero attached hydrogens (tertiary/aromatic N) is 1. The fraction of sp³-hybridized carbons (Fsp3) is 0.333. The molecule has 90 valence electrons. The van der Waals surface area contributed by atoms with Crippen LogP contribution in [0.1, 0.15) is 18.5 Å². The van der Waals surface area contributed by atoms with Gasteiger partial charge in [-0.25, -0.2) is 4.39 Å². The Balaban J connectivity index is 2.39. The third-order valence-electron chi connectivity index (χ3n) is 2.30. The zero-order valence-electron chi connectivity index (χ0n) is 9.53. The molecule has 0 aliphatic heterocycles. The van der Waals surface area contributed by atoms with E-state index in [2.05, 4.69) is 10.6 Å². The van der Waals surface area contributed by atoms with Crippen molar-refractivity contribution in [1.29, 1.82) is 5.26 Å². The second-order valence-corrected chi connectivity index (χ2v) is 3.59. The molecule has 0 saturated heterocycles. The molecule has 0 heterocycles. The first-order chi connectivity index (χ1) is 8.13. The SMILES string of the molecule is C[C@H](NCC(=O)NCC#N)c1ccc(F)cc1. The number of carbonyl (C=O) groups is 1. The fourth-order valence-electron chi connectivity index (χ4n) is 1.32. The summed E-state index contributed by atoms with van der Waals surface area (Å²) in [6, 6.07) is 7.86. The molecule has 4 nitrogen and oxygen atoms in total. The molecule has 1 atom stereocenters. The zero-order chi connectivity index (χ0) is 12.7. The molecule has 1 aromatic carbocycles. The van der Waals surface area contributed by atoms with Crippen molar-refractivity contribution in [2.75, 3.05) is 13.1 Å². The number of carbonyl (C=O) groups excluding carboxylic acids is 1. The fourth-order valence-corrected chi connectivity index (χ4v) is 1.32. The first-order valence-corrected chi connectivity index (χ1v) is 5.26. The minimum Gasteiger partial charge on any atom is -0.342 e. The van der Waals surface area contributed by atoms with Crippen molar-refractivity contribution in [3.05, 3.63) is 35.6 Å². The highest BCUT2D eigenvalue weighted by Crippen LogP contribution is 2.12. The number of rotatable bonds is 5. The summed E-state index contributed by atoms with van der Waals surface area (Å²) in [4.78, 5) is 11.2. The molecular formula is C12H14FN3O. The van der Waals surface area contributed by atoms with E-state index >= 15 is 0 Å². The highest BCUT2D eigenvalue weighted by Gasteiger charge is 2.07. The maximum Gasteiger partial charge on any atom is 0.234 e. The summed E-state index contributed by atoms with van der Waals surface area (Å²) in [7, 11) is 0. The van der Waals surface area contributed by atoms with Crippen LogP contribution >= 0.6 is 0 Å². The largest absolute Gasteiger partial charge is 0.342 e. The van der Waals surface area contributed by atoms with Gasteiger partial charge in [-0.15, -0.1) is 0 Å². The van der Waals surface area contributed by atoms with Crippen LogP contribution in [0, 0.1) is 17.1 Å². The second-order valence-electron chi connectivity index (χ2n) is 3.59. The Kier molecular flexibility index (Phi) is 5.11. The van der Waals surface area contributed by atoms with E-state index in [0.717, 1.165) is 5.56 Å². The first kappa shape index (κ1) is 13.1. The van der Waals surface area contributed by atoms with Gasteiger partial charge < -0.3 is 10.6 Å². The summed E-state index contributed by atoms with van der Waals surface area (Å²) in [5, 5.41) is 13.7. The number of benzene rings is 1. The molecule has 1 aromatic rings. The Morgan fingerprint density at radius 2 is 2.12 bits per heavy atom. The average molecular weight is 235 g/mol. The van der Waals surface area contributed by atoms with Crippen molar-refractivity contribution < 1.29 is 9.18 Å². The smallest absolute Gasteiger partial charge is 0.234 e. The highest BCUT2D eigenvalue weighted by atomic mass is 19.1. The second kappa shape index (κ2) is 6.61. The summed E-state index contributed by atoms with van der Waals surface area (Å²) < 4.78 is 12.7. The van der Waals surface area contributed by atoms with Gasteiger partial charge >= 0.3 is 0 Å². The van der Waals surface area contributed by atoms with E-state index in [4.69, 9.17) is 5.26 Å². The van der Waals surface area contributed by atoms with Crippen LogP contribution in [-0.4, -0.2) is 19.0 Å². The van der Waals surface area contributed by atoms with Crippen LogP contribution in [0.3, 0.4) is 0 Å². The van der Waals surface area contributed by atoms with Gasteiger partial charge in [-0.1, -0.05) is 12.1 Å². The predicted octanol–water partition coefficient (Wildman–Crippen LogP) is 1.12. The maximum atomic E-state index is 12.7. The molecule has 0 saturated carbocycles. The lowest BCUT2D eigenvalue weighted by Crippen LogP contribution is -2.35. The highest BCUT2D eigenvalue weighted by molar-refractivity contribution is 5.78. The molecule has 17 heavy (non-hydrogen) atoms. The monoisotopic (exact) mass is 235 g/mol. The van der Waals surface area contributed by atoms with Gasteiger partial charge in [-0.05, 0) is 24.6 Å². The van der Waals surface area contributed by atoms with Crippen molar-refractivity contribution in [3.8, 4) is 6.07 Å². The molecular weight excluding hydrogens is 221 g/mol. The standard InChI is InChI=1S/C12H14FN3O/c1-9(10-2-4-11(13)5-3-10)16-8-12(17)15-7-6-14/h2-5,9,16H,7-8H2,1H3,(H,15,17)/t9-/m0/s1. The van der Waals surface area contributed by atoms with E-state index in [1.54, 1.807) is 12.1 Å². The molecule has 0 bridgehead atoms. The summed E-state index contributed by atoms with van der Waals surface area (Å²) in [5.41, 5.74) is 0.902. The number of nitrogens with one attached hydrogen (secondary N) is 2. The van der Waals surface area contributed by atoms with Gasteiger partial charge in [0.15, 0.2) is 0 Å². The number of halogens is 1. The van der Waals surface area contributed by atoms with Gasteiger partial charge in [-0.3, -0.25) is 4.79 Å². The van der Waals surface area contributed by atoms with E-state index in [9.17, 15) is 9.18 Å². The lowest BCUT2D eigenvalue weighted by Gasteiger charge is -2.13. The van der Waals surface area contributed by atoms with Gasteiger partial charge in [0, 0.05) is 6.04 Å². The van der Waals surface area contributed by atoms with E-state index < -0.39 is 0 Å². The van der Waals surface area contributed by atoms with E-state index in [1.165, 1.54) is 12.1 Å². The van der Waals surface area contributed by atoms with Crippen molar-refractivity contribution in [2.24, 2.45) is 0 Å². The van der Waals surface area contributed by atoms with Crippen LogP contribution in [0.15, 0.2) is 24.3 Å². The first-order valence-electron chi connectivity index (χ1n) is 5.26. The Hall–Kier alpha value is -1.93. The molecule has 5 heteroatoms. The molecule has 0 radical (unpaired) electrons.